The van der Waals surface area contributed by atoms with Crippen molar-refractivity contribution in [3.63, 3.8) is 0 Å². The molecule has 0 bridgehead atoms. The lowest BCUT2D eigenvalue weighted by Gasteiger charge is -2.35. The molecule has 1 N–H and O–H groups in total. The van der Waals surface area contributed by atoms with E-state index >= 15 is 0 Å². The van der Waals surface area contributed by atoms with Crippen molar-refractivity contribution in [2.75, 3.05) is 18.0 Å². The standard InChI is InChI=1S/C18H20N6O4/c1-21-10-7-19-17(21)15(25)12-5-4-8-22(11-12)16-14(24(27)28)18(26)23-9-3-2-6-13(23)20-16/h2-3,6-7,9-10,12,15,25H,4-5,8,11H2,1H3. The lowest BCUT2D eigenvalue weighted by Crippen LogP contribution is -2.40. The van der Waals surface area contributed by atoms with Crippen LogP contribution in [0.15, 0.2) is 41.6 Å². The Morgan fingerprint density at radius 3 is 2.89 bits per heavy atom. The molecule has 146 valence electrons. The van der Waals surface area contributed by atoms with Gasteiger partial charge in [-0.3, -0.25) is 19.3 Å². The zero-order valence-electron chi connectivity index (χ0n) is 15.3. The molecule has 1 saturated heterocycles. The summed E-state index contributed by atoms with van der Waals surface area (Å²) in [6, 6.07) is 4.99. The van der Waals surface area contributed by atoms with Crippen LogP contribution in [-0.2, 0) is 7.05 Å². The number of aliphatic hydroxyl groups excluding tert-OH is 1. The SMILES string of the molecule is Cn1ccnc1C(O)C1CCCN(c2nc3ccccn3c(=O)c2[N+](=O)[O-])C1. The van der Waals surface area contributed by atoms with Gasteiger partial charge in [0, 0.05) is 44.6 Å². The average molecular weight is 384 g/mol. The second-order valence-electron chi connectivity index (χ2n) is 6.96. The van der Waals surface area contributed by atoms with Gasteiger partial charge in [-0.25, -0.2) is 9.97 Å². The van der Waals surface area contributed by atoms with Crippen LogP contribution in [-0.4, -0.2) is 42.1 Å². The van der Waals surface area contributed by atoms with Gasteiger partial charge in [-0.1, -0.05) is 6.07 Å². The van der Waals surface area contributed by atoms with E-state index in [1.165, 1.54) is 10.6 Å². The number of rotatable bonds is 4. The van der Waals surface area contributed by atoms with E-state index < -0.39 is 22.3 Å². The van der Waals surface area contributed by atoms with Crippen LogP contribution in [0.25, 0.3) is 5.65 Å². The van der Waals surface area contributed by atoms with E-state index in [4.69, 9.17) is 0 Å². The molecule has 3 aromatic rings. The highest BCUT2D eigenvalue weighted by molar-refractivity contribution is 5.61. The highest BCUT2D eigenvalue weighted by Gasteiger charge is 2.34. The van der Waals surface area contributed by atoms with Crippen molar-refractivity contribution in [3.05, 3.63) is 63.1 Å². The smallest absolute Gasteiger partial charge is 0.376 e. The van der Waals surface area contributed by atoms with E-state index in [0.29, 0.717) is 24.6 Å². The summed E-state index contributed by atoms with van der Waals surface area (Å²) < 4.78 is 2.93. The number of pyridine rings is 1. The maximum absolute atomic E-state index is 12.7. The maximum Gasteiger partial charge on any atom is 0.376 e. The normalized spacial score (nSPS) is 18.4. The van der Waals surface area contributed by atoms with Gasteiger partial charge in [0.2, 0.25) is 5.82 Å². The summed E-state index contributed by atoms with van der Waals surface area (Å²) >= 11 is 0. The third-order valence-corrected chi connectivity index (χ3v) is 5.20. The third-order valence-electron chi connectivity index (χ3n) is 5.20. The Bertz CT molecular complexity index is 1090. The predicted molar refractivity (Wildman–Crippen MR) is 101 cm³/mol. The monoisotopic (exact) mass is 384 g/mol. The maximum atomic E-state index is 12.7. The van der Waals surface area contributed by atoms with Crippen molar-refractivity contribution in [3.8, 4) is 0 Å². The predicted octanol–water partition coefficient (Wildman–Crippen LogP) is 1.29. The Hall–Kier alpha value is -3.27. The number of nitrogens with zero attached hydrogens (tertiary/aromatic N) is 6. The van der Waals surface area contributed by atoms with E-state index in [-0.39, 0.29) is 11.7 Å². The zero-order chi connectivity index (χ0) is 19.8. The lowest BCUT2D eigenvalue weighted by atomic mass is 9.92. The Kier molecular flexibility index (Phi) is 4.55. The van der Waals surface area contributed by atoms with Crippen LogP contribution in [0.5, 0.6) is 0 Å². The Labute approximate surface area is 159 Å². The molecule has 4 rings (SSSR count). The van der Waals surface area contributed by atoms with E-state index in [2.05, 4.69) is 9.97 Å². The van der Waals surface area contributed by atoms with Gasteiger partial charge in [0.1, 0.15) is 17.6 Å². The molecule has 28 heavy (non-hydrogen) atoms. The van der Waals surface area contributed by atoms with Crippen LogP contribution in [0.1, 0.15) is 24.8 Å². The van der Waals surface area contributed by atoms with Crippen molar-refractivity contribution in [2.24, 2.45) is 13.0 Å². The number of hydrogen-bond acceptors (Lipinski definition) is 7. The van der Waals surface area contributed by atoms with Crippen LogP contribution in [0.3, 0.4) is 0 Å². The van der Waals surface area contributed by atoms with Gasteiger partial charge in [-0.2, -0.15) is 0 Å². The van der Waals surface area contributed by atoms with Crippen molar-refractivity contribution in [1.29, 1.82) is 0 Å². The first-order valence-corrected chi connectivity index (χ1v) is 9.03. The zero-order valence-corrected chi connectivity index (χ0v) is 15.3. The van der Waals surface area contributed by atoms with Gasteiger partial charge in [0.25, 0.3) is 0 Å². The molecule has 3 aromatic heterocycles. The molecule has 10 nitrogen and oxygen atoms in total. The van der Waals surface area contributed by atoms with Gasteiger partial charge in [-0.15, -0.1) is 0 Å². The van der Waals surface area contributed by atoms with Gasteiger partial charge in [0.15, 0.2) is 0 Å². The molecule has 1 aliphatic heterocycles. The van der Waals surface area contributed by atoms with Crippen LogP contribution in [0, 0.1) is 16.0 Å². The molecule has 0 amide bonds. The molecule has 1 fully saturated rings. The molecule has 0 saturated carbocycles. The number of nitro groups is 1. The van der Waals surface area contributed by atoms with Gasteiger partial charge < -0.3 is 14.6 Å². The van der Waals surface area contributed by atoms with Crippen molar-refractivity contribution >= 4 is 17.2 Å². The molecule has 0 aromatic carbocycles. The summed E-state index contributed by atoms with van der Waals surface area (Å²) in [6.07, 6.45) is 5.52. The second kappa shape index (κ2) is 7.04. The highest BCUT2D eigenvalue weighted by atomic mass is 16.6. The minimum atomic E-state index is -0.802. The molecule has 1 aliphatic rings. The van der Waals surface area contributed by atoms with E-state index in [1.54, 1.807) is 40.1 Å². The number of aliphatic hydroxyl groups is 1. The fourth-order valence-electron chi connectivity index (χ4n) is 3.78. The van der Waals surface area contributed by atoms with Crippen molar-refractivity contribution < 1.29 is 10.0 Å². The molecular formula is C18H20N6O4. The molecule has 2 atom stereocenters. The summed E-state index contributed by atoms with van der Waals surface area (Å²) in [5.41, 5.74) is -0.909. The Morgan fingerprint density at radius 2 is 2.18 bits per heavy atom. The number of hydrogen-bond donors (Lipinski definition) is 1. The largest absolute Gasteiger partial charge is 0.385 e. The van der Waals surface area contributed by atoms with Gasteiger partial charge >= 0.3 is 11.2 Å². The average Bonchev–Trinajstić information content (AvgIpc) is 3.13. The number of imidazole rings is 1. The minimum absolute atomic E-state index is 0.0536. The number of aryl methyl sites for hydroxylation is 1. The first kappa shape index (κ1) is 18.1. The fraction of sp³-hybridized carbons (Fsp3) is 0.389. The summed E-state index contributed by atoms with van der Waals surface area (Å²) in [5, 5.41) is 22.4. The summed E-state index contributed by atoms with van der Waals surface area (Å²) in [7, 11) is 1.81. The quantitative estimate of drug-likeness (QED) is 0.532. The first-order chi connectivity index (χ1) is 13.5. The summed E-state index contributed by atoms with van der Waals surface area (Å²) in [6.45, 7) is 0.879. The topological polar surface area (TPSA) is 119 Å². The number of anilines is 1. The van der Waals surface area contributed by atoms with Crippen molar-refractivity contribution in [1.82, 2.24) is 18.9 Å². The molecule has 0 radical (unpaired) electrons. The first-order valence-electron chi connectivity index (χ1n) is 9.03. The Balaban J connectivity index is 1.73. The molecular weight excluding hydrogens is 364 g/mol. The van der Waals surface area contributed by atoms with Crippen LogP contribution >= 0.6 is 0 Å². The van der Waals surface area contributed by atoms with E-state index in [0.717, 1.165) is 12.8 Å². The molecule has 4 heterocycles. The number of fused-ring (bicyclic) bond motifs is 1. The summed E-state index contributed by atoms with van der Waals surface area (Å²) in [4.78, 5) is 34.0. The summed E-state index contributed by atoms with van der Waals surface area (Å²) in [5.74, 6) is 0.427. The fourth-order valence-corrected chi connectivity index (χ4v) is 3.78. The lowest BCUT2D eigenvalue weighted by molar-refractivity contribution is -0.385. The van der Waals surface area contributed by atoms with Gasteiger partial charge in [-0.05, 0) is 25.0 Å². The minimum Gasteiger partial charge on any atom is -0.385 e. The molecule has 10 heteroatoms. The molecule has 2 unspecified atom stereocenters. The van der Waals surface area contributed by atoms with Gasteiger partial charge in [0.05, 0.1) is 4.92 Å². The second-order valence-corrected chi connectivity index (χ2v) is 6.96. The van der Waals surface area contributed by atoms with Crippen molar-refractivity contribution in [2.45, 2.75) is 18.9 Å². The van der Waals surface area contributed by atoms with E-state index in [1.807, 2.05) is 7.05 Å². The van der Waals surface area contributed by atoms with E-state index in [9.17, 15) is 20.0 Å². The number of piperidine rings is 1. The third kappa shape index (κ3) is 3.01. The molecule has 0 spiro atoms. The molecule has 0 aliphatic carbocycles. The van der Waals surface area contributed by atoms with Crippen LogP contribution < -0.4 is 10.5 Å². The number of aromatic nitrogens is 4. The highest BCUT2D eigenvalue weighted by Crippen LogP contribution is 2.33. The van der Waals surface area contributed by atoms with Crippen LogP contribution in [0.2, 0.25) is 0 Å². The van der Waals surface area contributed by atoms with Crippen LogP contribution in [0.4, 0.5) is 11.5 Å². The Morgan fingerprint density at radius 1 is 1.36 bits per heavy atom.